The van der Waals surface area contributed by atoms with Crippen molar-refractivity contribution in [2.24, 2.45) is 0 Å². The number of carbonyl (C=O) groups is 3. The molecule has 6 nitrogen and oxygen atoms in total. The zero-order chi connectivity index (χ0) is 15.2. The molecule has 0 radical (unpaired) electrons. The Bertz CT molecular complexity index is 404. The summed E-state index contributed by atoms with van der Waals surface area (Å²) in [6.45, 7) is 0.523. The summed E-state index contributed by atoms with van der Waals surface area (Å²) < 4.78 is 4.71. The average molecular weight is 296 g/mol. The van der Waals surface area contributed by atoms with Gasteiger partial charge in [0.05, 0.1) is 7.11 Å². The topological polar surface area (TPSA) is 75.7 Å². The van der Waals surface area contributed by atoms with Crippen molar-refractivity contribution in [1.29, 1.82) is 0 Å². The number of nitrogens with zero attached hydrogens (tertiary/aromatic N) is 1. The first-order valence-corrected chi connectivity index (χ1v) is 7.78. The number of amides is 2. The lowest BCUT2D eigenvalue weighted by Gasteiger charge is -2.25. The lowest BCUT2D eigenvalue weighted by molar-refractivity contribution is -0.151. The molecule has 2 aliphatic rings. The Labute approximate surface area is 125 Å². The fourth-order valence-corrected chi connectivity index (χ4v) is 3.21. The van der Waals surface area contributed by atoms with Crippen molar-refractivity contribution in [2.45, 2.75) is 63.5 Å². The summed E-state index contributed by atoms with van der Waals surface area (Å²) in [4.78, 5) is 37.2. The van der Waals surface area contributed by atoms with Gasteiger partial charge < -0.3 is 15.0 Å². The maximum Gasteiger partial charge on any atom is 0.328 e. The predicted molar refractivity (Wildman–Crippen MR) is 76.4 cm³/mol. The van der Waals surface area contributed by atoms with Crippen molar-refractivity contribution in [3.8, 4) is 0 Å². The summed E-state index contributed by atoms with van der Waals surface area (Å²) in [7, 11) is 1.32. The lowest BCUT2D eigenvalue weighted by atomic mass is 9.95. The van der Waals surface area contributed by atoms with Gasteiger partial charge in [-0.2, -0.15) is 0 Å². The molecular weight excluding hydrogens is 272 g/mol. The van der Waals surface area contributed by atoms with Gasteiger partial charge in [-0.15, -0.1) is 0 Å². The van der Waals surface area contributed by atoms with Gasteiger partial charge in [0, 0.05) is 12.6 Å². The normalized spacial score (nSPS) is 22.9. The van der Waals surface area contributed by atoms with Gasteiger partial charge in [0.25, 0.3) is 0 Å². The van der Waals surface area contributed by atoms with Crippen LogP contribution in [0.4, 0.5) is 0 Å². The fourth-order valence-electron chi connectivity index (χ4n) is 3.21. The Kier molecular flexibility index (Phi) is 5.59. The lowest BCUT2D eigenvalue weighted by Crippen LogP contribution is -2.44. The first-order valence-electron chi connectivity index (χ1n) is 7.78. The molecule has 1 aliphatic heterocycles. The molecular formula is C15H24N2O4. The van der Waals surface area contributed by atoms with Crippen LogP contribution >= 0.6 is 0 Å². The van der Waals surface area contributed by atoms with E-state index in [1.165, 1.54) is 18.4 Å². The van der Waals surface area contributed by atoms with E-state index in [0.717, 1.165) is 32.1 Å². The van der Waals surface area contributed by atoms with Crippen LogP contribution in [0.25, 0.3) is 0 Å². The molecule has 1 N–H and O–H groups in total. The van der Waals surface area contributed by atoms with E-state index in [1.54, 1.807) is 0 Å². The van der Waals surface area contributed by atoms with Crippen LogP contribution in [0.2, 0.25) is 0 Å². The third-order valence-corrected chi connectivity index (χ3v) is 4.33. The minimum absolute atomic E-state index is 0.177. The first kappa shape index (κ1) is 15.8. The molecule has 0 spiro atoms. The molecule has 0 aromatic carbocycles. The van der Waals surface area contributed by atoms with Gasteiger partial charge >= 0.3 is 5.97 Å². The summed E-state index contributed by atoms with van der Waals surface area (Å²) in [5, 5.41) is 2.93. The van der Waals surface area contributed by atoms with Crippen LogP contribution in [0.1, 0.15) is 51.4 Å². The number of rotatable bonds is 4. The molecule has 1 saturated carbocycles. The molecule has 1 atom stereocenters. The summed E-state index contributed by atoms with van der Waals surface area (Å²) in [6, 6.07) is -0.320. The highest BCUT2D eigenvalue weighted by molar-refractivity contribution is 5.98. The number of methoxy groups -OCH3 is 1. The number of esters is 1. The highest BCUT2D eigenvalue weighted by Crippen LogP contribution is 2.20. The van der Waals surface area contributed by atoms with Crippen LogP contribution in [-0.2, 0) is 19.1 Å². The second-order valence-electron chi connectivity index (χ2n) is 5.85. The van der Waals surface area contributed by atoms with Gasteiger partial charge in [-0.25, -0.2) is 4.79 Å². The molecule has 118 valence electrons. The molecule has 1 aliphatic carbocycles. The van der Waals surface area contributed by atoms with Crippen molar-refractivity contribution in [1.82, 2.24) is 10.2 Å². The smallest absolute Gasteiger partial charge is 0.328 e. The Morgan fingerprint density at radius 1 is 1.10 bits per heavy atom. The summed E-state index contributed by atoms with van der Waals surface area (Å²) in [5.41, 5.74) is 0. The van der Waals surface area contributed by atoms with Gasteiger partial charge in [0.1, 0.15) is 12.5 Å². The average Bonchev–Trinajstić information content (AvgIpc) is 2.96. The van der Waals surface area contributed by atoms with E-state index in [1.807, 2.05) is 0 Å². The largest absolute Gasteiger partial charge is 0.467 e. The van der Waals surface area contributed by atoms with Crippen LogP contribution in [0.15, 0.2) is 0 Å². The highest BCUT2D eigenvalue weighted by atomic mass is 16.5. The number of nitrogens with one attached hydrogen (secondary N) is 1. The van der Waals surface area contributed by atoms with E-state index < -0.39 is 12.0 Å². The minimum Gasteiger partial charge on any atom is -0.467 e. The second-order valence-corrected chi connectivity index (χ2v) is 5.85. The zero-order valence-corrected chi connectivity index (χ0v) is 12.6. The molecule has 0 aromatic rings. The van der Waals surface area contributed by atoms with E-state index in [4.69, 9.17) is 4.74 Å². The zero-order valence-electron chi connectivity index (χ0n) is 12.6. The van der Waals surface area contributed by atoms with Crippen molar-refractivity contribution in [3.05, 3.63) is 0 Å². The van der Waals surface area contributed by atoms with E-state index in [2.05, 4.69) is 5.32 Å². The van der Waals surface area contributed by atoms with Gasteiger partial charge in [-0.3, -0.25) is 9.59 Å². The maximum absolute atomic E-state index is 12.2. The molecule has 2 amide bonds. The molecule has 0 bridgehead atoms. The molecule has 0 aromatic heterocycles. The van der Waals surface area contributed by atoms with E-state index in [0.29, 0.717) is 13.0 Å². The van der Waals surface area contributed by atoms with Gasteiger partial charge in [0.15, 0.2) is 0 Å². The van der Waals surface area contributed by atoms with E-state index in [9.17, 15) is 14.4 Å². The van der Waals surface area contributed by atoms with Crippen molar-refractivity contribution in [3.63, 3.8) is 0 Å². The SMILES string of the molecule is COC(=O)C1CCCN1C(=O)CC(=O)NC1CCCCC1. The highest BCUT2D eigenvalue weighted by Gasteiger charge is 2.35. The third kappa shape index (κ3) is 4.19. The second kappa shape index (κ2) is 7.43. The van der Waals surface area contributed by atoms with E-state index in [-0.39, 0.29) is 24.3 Å². The number of likely N-dealkylation sites (tertiary alicyclic amines) is 1. The Morgan fingerprint density at radius 2 is 1.81 bits per heavy atom. The minimum atomic E-state index is -0.523. The molecule has 2 fully saturated rings. The van der Waals surface area contributed by atoms with E-state index >= 15 is 0 Å². The molecule has 1 unspecified atom stereocenters. The van der Waals surface area contributed by atoms with Crippen LogP contribution in [0.3, 0.4) is 0 Å². The van der Waals surface area contributed by atoms with Crippen LogP contribution < -0.4 is 5.32 Å². The number of carbonyl (C=O) groups excluding carboxylic acids is 3. The molecule has 1 saturated heterocycles. The van der Waals surface area contributed by atoms with Crippen molar-refractivity contribution < 1.29 is 19.1 Å². The Balaban J connectivity index is 1.82. The molecule has 1 heterocycles. The van der Waals surface area contributed by atoms with Gasteiger partial charge in [-0.1, -0.05) is 19.3 Å². The first-order chi connectivity index (χ1) is 10.1. The monoisotopic (exact) mass is 296 g/mol. The Hall–Kier alpha value is -1.59. The predicted octanol–water partition coefficient (Wildman–Crippen LogP) is 0.989. The van der Waals surface area contributed by atoms with Crippen LogP contribution in [0, 0.1) is 0 Å². The van der Waals surface area contributed by atoms with Crippen LogP contribution in [-0.4, -0.2) is 48.4 Å². The maximum atomic E-state index is 12.2. The molecule has 2 rings (SSSR count). The Morgan fingerprint density at radius 3 is 2.48 bits per heavy atom. The fraction of sp³-hybridized carbons (Fsp3) is 0.800. The summed E-state index contributed by atoms with van der Waals surface area (Å²) >= 11 is 0. The number of hydrogen-bond donors (Lipinski definition) is 1. The molecule has 6 heteroatoms. The van der Waals surface area contributed by atoms with Crippen molar-refractivity contribution >= 4 is 17.8 Å². The van der Waals surface area contributed by atoms with Gasteiger partial charge in [0.2, 0.25) is 11.8 Å². The quantitative estimate of drug-likeness (QED) is 0.620. The van der Waals surface area contributed by atoms with Crippen molar-refractivity contribution in [2.75, 3.05) is 13.7 Å². The number of ether oxygens (including phenoxy) is 1. The van der Waals surface area contributed by atoms with Crippen LogP contribution in [0.5, 0.6) is 0 Å². The third-order valence-electron chi connectivity index (χ3n) is 4.33. The molecule has 21 heavy (non-hydrogen) atoms. The number of hydrogen-bond acceptors (Lipinski definition) is 4. The van der Waals surface area contributed by atoms with Gasteiger partial charge in [-0.05, 0) is 25.7 Å². The summed E-state index contributed by atoms with van der Waals surface area (Å²) in [6.07, 6.45) is 6.69. The summed E-state index contributed by atoms with van der Waals surface area (Å²) in [5.74, 6) is -0.910. The standard InChI is InChI=1S/C15H24N2O4/c1-21-15(20)12-8-5-9-17(12)14(19)10-13(18)16-11-6-3-2-4-7-11/h11-12H,2-10H2,1H3,(H,16,18).